The maximum absolute atomic E-state index is 7.42. The Hall–Kier alpha value is -0.670. The van der Waals surface area contributed by atoms with Gasteiger partial charge in [0, 0.05) is 17.1 Å². The van der Waals surface area contributed by atoms with Crippen LogP contribution < -0.4 is 0 Å². The minimum atomic E-state index is 0. The van der Waals surface area contributed by atoms with Gasteiger partial charge in [-0.1, -0.05) is 18.2 Å². The van der Waals surface area contributed by atoms with Gasteiger partial charge in [0.25, 0.3) is 0 Å². The summed E-state index contributed by atoms with van der Waals surface area (Å²) >= 11 is 1.75. The van der Waals surface area contributed by atoms with Gasteiger partial charge in [0.05, 0.1) is 6.61 Å². The molecule has 0 atom stereocenters. The predicted molar refractivity (Wildman–Crippen MR) is 68.4 cm³/mol. The minimum Gasteiger partial charge on any atom is -0.481 e. The minimum absolute atomic E-state index is 0. The molecule has 0 aliphatic rings. The van der Waals surface area contributed by atoms with Crippen molar-refractivity contribution in [2.75, 3.05) is 12.4 Å². The summed E-state index contributed by atoms with van der Waals surface area (Å²) < 4.78 is 5.05. The van der Waals surface area contributed by atoms with E-state index < -0.39 is 0 Å². The molecule has 0 heterocycles. The summed E-state index contributed by atoms with van der Waals surface area (Å²) in [6, 6.07) is 10.2. The molecule has 0 saturated carbocycles. The molecule has 0 amide bonds. The van der Waals surface area contributed by atoms with Gasteiger partial charge in [0.1, 0.15) is 0 Å². The van der Waals surface area contributed by atoms with E-state index in [9.17, 15) is 0 Å². The zero-order valence-corrected chi connectivity index (χ0v) is 10.4. The monoisotopic (exact) mass is 245 g/mol. The van der Waals surface area contributed by atoms with Gasteiger partial charge >= 0.3 is 0 Å². The first-order chi connectivity index (χ1) is 6.83. The van der Waals surface area contributed by atoms with Gasteiger partial charge in [0.15, 0.2) is 5.90 Å². The second kappa shape index (κ2) is 8.62. The fourth-order valence-electron chi connectivity index (χ4n) is 1.02. The van der Waals surface area contributed by atoms with E-state index >= 15 is 0 Å². The van der Waals surface area contributed by atoms with Crippen molar-refractivity contribution >= 4 is 30.1 Å². The summed E-state index contributed by atoms with van der Waals surface area (Å²) in [5.41, 5.74) is 0. The summed E-state index contributed by atoms with van der Waals surface area (Å²) in [6.07, 6.45) is 0.702. The van der Waals surface area contributed by atoms with Gasteiger partial charge in [-0.15, -0.1) is 24.2 Å². The van der Waals surface area contributed by atoms with Crippen LogP contribution in [0.15, 0.2) is 35.2 Å². The van der Waals surface area contributed by atoms with E-state index in [2.05, 4.69) is 12.1 Å². The predicted octanol–water partition coefficient (Wildman–Crippen LogP) is 3.60. The number of hydrogen-bond donors (Lipinski definition) is 1. The van der Waals surface area contributed by atoms with Crippen LogP contribution in [-0.4, -0.2) is 18.3 Å². The third kappa shape index (κ3) is 6.42. The molecule has 0 radical (unpaired) electrons. The number of benzene rings is 1. The molecule has 0 bridgehead atoms. The number of ether oxygens (including phenoxy) is 1. The maximum atomic E-state index is 7.42. The van der Waals surface area contributed by atoms with Crippen LogP contribution in [-0.2, 0) is 4.74 Å². The first-order valence-electron chi connectivity index (χ1n) is 4.71. The molecule has 1 aromatic rings. The second-order valence-electron chi connectivity index (χ2n) is 2.77. The Labute approximate surface area is 101 Å². The van der Waals surface area contributed by atoms with Gasteiger partial charge in [-0.05, 0) is 19.1 Å². The van der Waals surface area contributed by atoms with E-state index in [0.717, 1.165) is 5.75 Å². The normalized spacial score (nSPS) is 9.13. The van der Waals surface area contributed by atoms with Crippen LogP contribution in [0.25, 0.3) is 0 Å². The fourth-order valence-corrected chi connectivity index (χ4v) is 1.90. The molecule has 4 heteroatoms. The van der Waals surface area contributed by atoms with E-state index in [-0.39, 0.29) is 12.4 Å². The number of thioether (sulfide) groups is 1. The molecule has 0 unspecified atom stereocenters. The Morgan fingerprint density at radius 3 is 2.60 bits per heavy atom. The molecule has 1 rings (SSSR count). The van der Waals surface area contributed by atoms with Crippen LogP contribution in [0.1, 0.15) is 13.3 Å². The third-order valence-corrected chi connectivity index (χ3v) is 2.67. The SMILES string of the molecule is CCOC(=N)CCSc1ccccc1.Cl. The quantitative estimate of drug-likeness (QED) is 0.489. The highest BCUT2D eigenvalue weighted by molar-refractivity contribution is 7.99. The third-order valence-electron chi connectivity index (χ3n) is 1.66. The first-order valence-corrected chi connectivity index (χ1v) is 5.69. The van der Waals surface area contributed by atoms with Crippen LogP contribution in [0.4, 0.5) is 0 Å². The molecule has 2 nitrogen and oxygen atoms in total. The lowest BCUT2D eigenvalue weighted by Gasteiger charge is -2.04. The fraction of sp³-hybridized carbons (Fsp3) is 0.364. The van der Waals surface area contributed by atoms with Crippen molar-refractivity contribution in [2.24, 2.45) is 0 Å². The molecule has 0 aliphatic carbocycles. The number of nitrogens with one attached hydrogen (secondary N) is 1. The highest BCUT2D eigenvalue weighted by atomic mass is 35.5. The van der Waals surface area contributed by atoms with Crippen molar-refractivity contribution in [3.05, 3.63) is 30.3 Å². The van der Waals surface area contributed by atoms with Crippen molar-refractivity contribution in [3.8, 4) is 0 Å². The van der Waals surface area contributed by atoms with Crippen molar-refractivity contribution < 1.29 is 4.74 Å². The van der Waals surface area contributed by atoms with Crippen LogP contribution in [0.2, 0.25) is 0 Å². The van der Waals surface area contributed by atoms with Gasteiger partial charge in [-0.25, -0.2) is 0 Å². The number of rotatable bonds is 5. The van der Waals surface area contributed by atoms with Gasteiger partial charge in [-0.2, -0.15) is 0 Å². The van der Waals surface area contributed by atoms with Crippen LogP contribution in [0.3, 0.4) is 0 Å². The van der Waals surface area contributed by atoms with Crippen molar-refractivity contribution in [1.82, 2.24) is 0 Å². The molecule has 0 saturated heterocycles. The lowest BCUT2D eigenvalue weighted by molar-refractivity contribution is 0.316. The molecule has 15 heavy (non-hydrogen) atoms. The lowest BCUT2D eigenvalue weighted by atomic mass is 10.4. The smallest absolute Gasteiger partial charge is 0.181 e. The number of halogens is 1. The molecule has 84 valence electrons. The molecule has 0 fully saturated rings. The van der Waals surface area contributed by atoms with Crippen molar-refractivity contribution in [1.29, 1.82) is 5.41 Å². The largest absolute Gasteiger partial charge is 0.481 e. The maximum Gasteiger partial charge on any atom is 0.181 e. The summed E-state index contributed by atoms with van der Waals surface area (Å²) in [5.74, 6) is 1.29. The summed E-state index contributed by atoms with van der Waals surface area (Å²) in [5, 5.41) is 7.42. The highest BCUT2D eigenvalue weighted by Crippen LogP contribution is 2.17. The zero-order chi connectivity index (χ0) is 10.2. The molecular formula is C11H16ClNOS. The summed E-state index contributed by atoms with van der Waals surface area (Å²) in [7, 11) is 0. The topological polar surface area (TPSA) is 33.1 Å². The molecule has 1 aromatic carbocycles. The van der Waals surface area contributed by atoms with Crippen LogP contribution in [0.5, 0.6) is 0 Å². The standard InChI is InChI=1S/C11H15NOS.ClH/c1-2-13-11(12)8-9-14-10-6-4-3-5-7-10;/h3-7,12H,2,8-9H2,1H3;1H. The Morgan fingerprint density at radius 2 is 2.00 bits per heavy atom. The molecule has 1 N–H and O–H groups in total. The van der Waals surface area contributed by atoms with Crippen LogP contribution in [0, 0.1) is 5.41 Å². The average Bonchev–Trinajstić information content (AvgIpc) is 2.20. The van der Waals surface area contributed by atoms with Crippen molar-refractivity contribution in [3.63, 3.8) is 0 Å². The molecule has 0 aliphatic heterocycles. The molecule has 0 aromatic heterocycles. The van der Waals surface area contributed by atoms with E-state index in [0.29, 0.717) is 18.9 Å². The first kappa shape index (κ1) is 14.3. The van der Waals surface area contributed by atoms with Crippen molar-refractivity contribution in [2.45, 2.75) is 18.2 Å². The summed E-state index contributed by atoms with van der Waals surface area (Å²) in [4.78, 5) is 1.25. The van der Waals surface area contributed by atoms with Crippen LogP contribution >= 0.6 is 24.2 Å². The molecular weight excluding hydrogens is 230 g/mol. The van der Waals surface area contributed by atoms with E-state index in [1.54, 1.807) is 11.8 Å². The average molecular weight is 246 g/mol. The van der Waals surface area contributed by atoms with E-state index in [1.165, 1.54) is 4.90 Å². The summed E-state index contributed by atoms with van der Waals surface area (Å²) in [6.45, 7) is 2.49. The Morgan fingerprint density at radius 1 is 1.33 bits per heavy atom. The number of hydrogen-bond acceptors (Lipinski definition) is 3. The highest BCUT2D eigenvalue weighted by Gasteiger charge is 1.97. The van der Waals surface area contributed by atoms with Gasteiger partial charge in [-0.3, -0.25) is 5.41 Å². The zero-order valence-electron chi connectivity index (χ0n) is 8.73. The van der Waals surface area contributed by atoms with Gasteiger partial charge < -0.3 is 4.74 Å². The second-order valence-corrected chi connectivity index (χ2v) is 3.94. The van der Waals surface area contributed by atoms with E-state index in [1.807, 2.05) is 25.1 Å². The Balaban J connectivity index is 0.00000196. The Bertz CT molecular complexity index is 279. The van der Waals surface area contributed by atoms with E-state index in [4.69, 9.17) is 10.1 Å². The Kier molecular flexibility index (Phi) is 8.24. The lowest BCUT2D eigenvalue weighted by Crippen LogP contribution is -2.03. The molecule has 0 spiro atoms. The van der Waals surface area contributed by atoms with Gasteiger partial charge in [0.2, 0.25) is 0 Å².